The molecule has 2 fully saturated rings. The molecule has 25 heavy (non-hydrogen) atoms. The summed E-state index contributed by atoms with van der Waals surface area (Å²) in [5, 5.41) is 8.54. The number of carbonyl (C=O) groups is 2. The minimum Gasteiger partial charge on any atom is -0.351 e. The molecule has 2 N–H and O–H groups in total. The first-order chi connectivity index (χ1) is 12.2. The second-order valence-corrected chi connectivity index (χ2v) is 8.09. The fraction of sp³-hybridized carbons (Fsp3) is 0.684. The summed E-state index contributed by atoms with van der Waals surface area (Å²) < 4.78 is 0. The molecule has 0 unspecified atom stereocenters. The Morgan fingerprint density at radius 1 is 1.12 bits per heavy atom. The number of piperidine rings is 1. The highest BCUT2D eigenvalue weighted by atomic mass is 32.1. The van der Waals surface area contributed by atoms with E-state index in [0.29, 0.717) is 31.5 Å². The number of nitrogens with zero attached hydrogens (tertiary/aromatic N) is 1. The quantitative estimate of drug-likeness (QED) is 0.732. The average molecular weight is 364 g/mol. The van der Waals surface area contributed by atoms with Crippen molar-refractivity contribution >= 4 is 23.2 Å². The summed E-state index contributed by atoms with van der Waals surface area (Å²) in [6, 6.07) is 4.97. The zero-order valence-electron chi connectivity index (χ0n) is 14.8. The molecule has 1 aliphatic carbocycles. The van der Waals surface area contributed by atoms with Crippen molar-refractivity contribution in [2.75, 3.05) is 19.6 Å². The number of thiophene rings is 1. The summed E-state index contributed by atoms with van der Waals surface area (Å²) in [5.74, 6) is 0.186. The molecular weight excluding hydrogens is 334 g/mol. The van der Waals surface area contributed by atoms with Gasteiger partial charge in [0.2, 0.25) is 5.91 Å². The van der Waals surface area contributed by atoms with Gasteiger partial charge in [-0.1, -0.05) is 18.9 Å². The molecule has 1 saturated carbocycles. The third-order valence-electron chi connectivity index (χ3n) is 5.27. The maximum Gasteiger partial charge on any atom is 0.261 e. The second-order valence-electron chi connectivity index (χ2n) is 7.14. The summed E-state index contributed by atoms with van der Waals surface area (Å²) in [6.07, 6.45) is 8.71. The van der Waals surface area contributed by atoms with Crippen LogP contribution in [0.4, 0.5) is 0 Å². The summed E-state index contributed by atoms with van der Waals surface area (Å²) in [4.78, 5) is 26.9. The van der Waals surface area contributed by atoms with E-state index in [1.807, 2.05) is 22.4 Å². The predicted octanol–water partition coefficient (Wildman–Crippen LogP) is 2.78. The summed E-state index contributed by atoms with van der Waals surface area (Å²) in [5.41, 5.74) is 0. The van der Waals surface area contributed by atoms with Crippen molar-refractivity contribution in [3.63, 3.8) is 0 Å². The molecule has 0 aromatic carbocycles. The number of amides is 2. The highest BCUT2D eigenvalue weighted by Crippen LogP contribution is 2.20. The number of nitrogens with one attached hydrogen (secondary N) is 2. The van der Waals surface area contributed by atoms with E-state index in [2.05, 4.69) is 10.6 Å². The summed E-state index contributed by atoms with van der Waals surface area (Å²) in [6.45, 7) is 2.29. The van der Waals surface area contributed by atoms with E-state index < -0.39 is 0 Å². The fourth-order valence-corrected chi connectivity index (χ4v) is 4.46. The molecule has 0 atom stereocenters. The van der Waals surface area contributed by atoms with Crippen molar-refractivity contribution in [1.82, 2.24) is 15.5 Å². The molecule has 1 aliphatic heterocycles. The topological polar surface area (TPSA) is 61.4 Å². The Morgan fingerprint density at radius 2 is 1.84 bits per heavy atom. The molecule has 6 heteroatoms. The van der Waals surface area contributed by atoms with Gasteiger partial charge in [0.1, 0.15) is 0 Å². The third-order valence-corrected chi connectivity index (χ3v) is 6.14. The lowest BCUT2D eigenvalue weighted by Crippen LogP contribution is -2.47. The Balaban J connectivity index is 1.28. The van der Waals surface area contributed by atoms with Crippen LogP contribution in [0.5, 0.6) is 0 Å². The van der Waals surface area contributed by atoms with Gasteiger partial charge in [-0.3, -0.25) is 9.59 Å². The van der Waals surface area contributed by atoms with Crippen molar-refractivity contribution in [3.8, 4) is 0 Å². The van der Waals surface area contributed by atoms with Crippen LogP contribution in [0.2, 0.25) is 0 Å². The monoisotopic (exact) mass is 363 g/mol. The van der Waals surface area contributed by atoms with Crippen molar-refractivity contribution in [2.45, 2.75) is 63.5 Å². The number of hydrogen-bond donors (Lipinski definition) is 2. The lowest BCUT2D eigenvalue weighted by molar-refractivity contribution is -0.132. The summed E-state index contributed by atoms with van der Waals surface area (Å²) in [7, 11) is 0. The number of carbonyl (C=O) groups excluding carboxylic acids is 2. The molecule has 0 bridgehead atoms. The fourth-order valence-electron chi connectivity index (χ4n) is 3.82. The first kappa shape index (κ1) is 18.4. The lowest BCUT2D eigenvalue weighted by Gasteiger charge is -2.34. The van der Waals surface area contributed by atoms with Gasteiger partial charge >= 0.3 is 0 Å². The van der Waals surface area contributed by atoms with E-state index in [1.165, 1.54) is 37.0 Å². The van der Waals surface area contributed by atoms with Crippen LogP contribution in [0.1, 0.15) is 61.0 Å². The van der Waals surface area contributed by atoms with Crippen LogP contribution in [0.15, 0.2) is 17.5 Å². The van der Waals surface area contributed by atoms with Gasteiger partial charge in [0.15, 0.2) is 0 Å². The number of rotatable bonds is 7. The first-order valence-corrected chi connectivity index (χ1v) is 10.5. The molecule has 2 heterocycles. The van der Waals surface area contributed by atoms with Gasteiger partial charge in [0, 0.05) is 38.1 Å². The van der Waals surface area contributed by atoms with Crippen LogP contribution >= 0.6 is 11.3 Å². The van der Waals surface area contributed by atoms with Gasteiger partial charge < -0.3 is 15.5 Å². The predicted molar refractivity (Wildman–Crippen MR) is 101 cm³/mol. The maximum atomic E-state index is 12.3. The second kappa shape index (κ2) is 9.34. The van der Waals surface area contributed by atoms with Gasteiger partial charge in [0.25, 0.3) is 5.91 Å². The maximum absolute atomic E-state index is 12.3. The van der Waals surface area contributed by atoms with Crippen molar-refractivity contribution in [2.24, 2.45) is 0 Å². The van der Waals surface area contributed by atoms with Gasteiger partial charge in [0.05, 0.1) is 4.88 Å². The number of likely N-dealkylation sites (tertiary alicyclic amines) is 1. The number of hydrogen-bond acceptors (Lipinski definition) is 4. The average Bonchev–Trinajstić information content (AvgIpc) is 3.32. The Labute approximate surface area is 154 Å². The smallest absolute Gasteiger partial charge is 0.261 e. The minimum absolute atomic E-state index is 0.0405. The zero-order chi connectivity index (χ0) is 17.5. The van der Waals surface area contributed by atoms with Crippen molar-refractivity contribution < 1.29 is 9.59 Å². The van der Waals surface area contributed by atoms with E-state index in [9.17, 15) is 9.59 Å². The molecule has 0 radical (unpaired) electrons. The molecule has 1 aromatic rings. The van der Waals surface area contributed by atoms with Crippen LogP contribution in [0.3, 0.4) is 0 Å². The zero-order valence-corrected chi connectivity index (χ0v) is 15.7. The Kier molecular flexibility index (Phi) is 6.87. The Morgan fingerprint density at radius 3 is 2.52 bits per heavy atom. The first-order valence-electron chi connectivity index (χ1n) is 9.58. The van der Waals surface area contributed by atoms with Crippen LogP contribution in [-0.2, 0) is 4.79 Å². The standard InChI is InChI=1S/C19H29N3O2S/c23-18(8-3-11-20-19(24)17-7-4-14-25-17)22-12-9-16(10-13-22)21-15-5-1-2-6-15/h4,7,14-16,21H,1-3,5-6,8-13H2,(H,20,24). The van der Waals surface area contributed by atoms with Crippen LogP contribution < -0.4 is 10.6 Å². The van der Waals surface area contributed by atoms with E-state index in [1.54, 1.807) is 0 Å². The summed E-state index contributed by atoms with van der Waals surface area (Å²) >= 11 is 1.44. The Bertz CT molecular complexity index is 547. The lowest BCUT2D eigenvalue weighted by atomic mass is 10.0. The molecule has 2 amide bonds. The largest absolute Gasteiger partial charge is 0.351 e. The molecule has 2 aliphatic rings. The van der Waals surface area contributed by atoms with Gasteiger partial charge in [-0.25, -0.2) is 0 Å². The van der Waals surface area contributed by atoms with Crippen LogP contribution in [0.25, 0.3) is 0 Å². The highest BCUT2D eigenvalue weighted by Gasteiger charge is 2.25. The highest BCUT2D eigenvalue weighted by molar-refractivity contribution is 7.12. The molecule has 0 spiro atoms. The van der Waals surface area contributed by atoms with E-state index in [-0.39, 0.29) is 11.8 Å². The molecule has 5 nitrogen and oxygen atoms in total. The Hall–Kier alpha value is -1.40. The SMILES string of the molecule is O=C(NCCCC(=O)N1CCC(NC2CCCC2)CC1)c1cccs1. The molecule has 1 aromatic heterocycles. The molecular formula is C19H29N3O2S. The van der Waals surface area contributed by atoms with Crippen LogP contribution in [-0.4, -0.2) is 48.4 Å². The van der Waals surface area contributed by atoms with Crippen molar-refractivity contribution in [1.29, 1.82) is 0 Å². The van der Waals surface area contributed by atoms with E-state index >= 15 is 0 Å². The normalized spacial score (nSPS) is 19.3. The van der Waals surface area contributed by atoms with Gasteiger partial charge in [-0.2, -0.15) is 0 Å². The molecule has 138 valence electrons. The molecule has 1 saturated heterocycles. The van der Waals surface area contributed by atoms with E-state index in [4.69, 9.17) is 0 Å². The third kappa shape index (κ3) is 5.54. The minimum atomic E-state index is -0.0405. The van der Waals surface area contributed by atoms with Gasteiger partial charge in [-0.05, 0) is 43.6 Å². The van der Waals surface area contributed by atoms with Gasteiger partial charge in [-0.15, -0.1) is 11.3 Å². The van der Waals surface area contributed by atoms with Crippen LogP contribution in [0, 0.1) is 0 Å². The van der Waals surface area contributed by atoms with E-state index in [0.717, 1.165) is 30.8 Å². The van der Waals surface area contributed by atoms with Crippen molar-refractivity contribution in [3.05, 3.63) is 22.4 Å². The molecule has 3 rings (SSSR count).